The number of rotatable bonds is 7. The van der Waals surface area contributed by atoms with E-state index < -0.39 is 5.97 Å². The van der Waals surface area contributed by atoms with Crippen LogP contribution in [-0.4, -0.2) is 15.6 Å². The maximum Gasteiger partial charge on any atom is 0.303 e. The molecule has 1 aliphatic rings. The summed E-state index contributed by atoms with van der Waals surface area (Å²) in [6.07, 6.45) is 1.58. The first kappa shape index (κ1) is 22.0. The summed E-state index contributed by atoms with van der Waals surface area (Å²) in [5.41, 5.74) is 7.18. The molecule has 0 amide bonds. The van der Waals surface area contributed by atoms with Crippen molar-refractivity contribution in [3.63, 3.8) is 0 Å². The van der Waals surface area contributed by atoms with Crippen molar-refractivity contribution in [2.24, 2.45) is 5.41 Å². The summed E-state index contributed by atoms with van der Waals surface area (Å²) in [5.74, 6) is 0.801. The molecule has 4 heteroatoms. The normalized spacial score (nSPS) is 14.1. The highest BCUT2D eigenvalue weighted by Crippen LogP contribution is 2.47. The molecule has 1 aliphatic heterocycles. The molecule has 0 aliphatic carbocycles. The van der Waals surface area contributed by atoms with Crippen molar-refractivity contribution >= 4 is 5.97 Å². The van der Waals surface area contributed by atoms with Crippen LogP contribution in [0, 0.1) is 5.41 Å². The van der Waals surface area contributed by atoms with Crippen LogP contribution in [0.2, 0.25) is 0 Å². The Morgan fingerprint density at radius 1 is 0.853 bits per heavy atom. The topological polar surface area (TPSA) is 51.5 Å². The zero-order chi connectivity index (χ0) is 23.7. The van der Waals surface area contributed by atoms with Gasteiger partial charge in [-0.1, -0.05) is 74.5 Å². The average molecular weight is 452 g/mol. The first-order valence-electron chi connectivity index (χ1n) is 11.8. The van der Waals surface area contributed by atoms with Crippen molar-refractivity contribution in [1.29, 1.82) is 0 Å². The van der Waals surface area contributed by atoms with Gasteiger partial charge in [-0.05, 0) is 53.6 Å². The Labute approximate surface area is 200 Å². The second-order valence-electron chi connectivity index (χ2n) is 9.77. The SMILES string of the molecule is CC1(C)Cc2c(-c3ccccc3)c(-c3ccc(Oc4ccccc4)cc3)c(CCC(=O)O)n2C1. The van der Waals surface area contributed by atoms with Crippen molar-refractivity contribution in [2.75, 3.05) is 0 Å². The fourth-order valence-corrected chi connectivity index (χ4v) is 5.06. The number of nitrogens with zero attached hydrogens (tertiary/aromatic N) is 1. The van der Waals surface area contributed by atoms with E-state index in [0.717, 1.165) is 41.3 Å². The van der Waals surface area contributed by atoms with Gasteiger partial charge in [0.05, 0.1) is 6.42 Å². The Balaban J connectivity index is 1.63. The molecule has 0 atom stereocenters. The standard InChI is InChI=1S/C30H29NO3/c1-30(2)19-26-29(21-9-5-3-6-10-21)28(25(31(26)20-30)17-18-27(32)33)22-13-15-24(16-14-22)34-23-11-7-4-8-12-23/h3-16H,17-20H2,1-2H3,(H,32,33). The van der Waals surface area contributed by atoms with Crippen LogP contribution in [0.15, 0.2) is 84.9 Å². The summed E-state index contributed by atoms with van der Waals surface area (Å²) in [5, 5.41) is 9.46. The third kappa shape index (κ3) is 4.36. The lowest BCUT2D eigenvalue weighted by molar-refractivity contribution is -0.136. The highest BCUT2D eigenvalue weighted by Gasteiger charge is 2.35. The number of carboxylic acid groups (broad SMARTS) is 1. The summed E-state index contributed by atoms with van der Waals surface area (Å²) in [4.78, 5) is 11.5. The molecule has 0 fully saturated rings. The smallest absolute Gasteiger partial charge is 0.303 e. The molecule has 1 aromatic heterocycles. The lowest BCUT2D eigenvalue weighted by Gasteiger charge is -2.19. The van der Waals surface area contributed by atoms with E-state index in [4.69, 9.17) is 4.74 Å². The molecule has 172 valence electrons. The Morgan fingerprint density at radius 2 is 1.44 bits per heavy atom. The molecular weight excluding hydrogens is 422 g/mol. The molecule has 34 heavy (non-hydrogen) atoms. The number of hydrogen-bond acceptors (Lipinski definition) is 2. The molecule has 0 saturated heterocycles. The van der Waals surface area contributed by atoms with Gasteiger partial charge >= 0.3 is 5.97 Å². The summed E-state index contributed by atoms with van der Waals surface area (Å²) in [6, 6.07) is 28.4. The Bertz CT molecular complexity index is 1300. The minimum atomic E-state index is -0.772. The van der Waals surface area contributed by atoms with Crippen LogP contribution in [0.3, 0.4) is 0 Å². The number of benzene rings is 3. The summed E-state index contributed by atoms with van der Waals surface area (Å²) in [7, 11) is 0. The monoisotopic (exact) mass is 451 g/mol. The molecule has 1 N–H and O–H groups in total. The second-order valence-corrected chi connectivity index (χ2v) is 9.77. The molecule has 0 unspecified atom stereocenters. The maximum atomic E-state index is 11.5. The molecule has 4 aromatic rings. The number of para-hydroxylation sites is 1. The van der Waals surface area contributed by atoms with Crippen molar-refractivity contribution in [3.05, 3.63) is 96.3 Å². The van der Waals surface area contributed by atoms with E-state index in [1.54, 1.807) is 0 Å². The number of hydrogen-bond donors (Lipinski definition) is 1. The highest BCUT2D eigenvalue weighted by molar-refractivity contribution is 5.89. The van der Waals surface area contributed by atoms with Gasteiger partial charge in [-0.25, -0.2) is 0 Å². The van der Waals surface area contributed by atoms with E-state index in [1.165, 1.54) is 16.8 Å². The number of fused-ring (bicyclic) bond motifs is 1. The molecule has 5 rings (SSSR count). The largest absolute Gasteiger partial charge is 0.481 e. The summed E-state index contributed by atoms with van der Waals surface area (Å²) < 4.78 is 8.38. The van der Waals surface area contributed by atoms with Crippen LogP contribution >= 0.6 is 0 Å². The van der Waals surface area contributed by atoms with Gasteiger partial charge in [0.15, 0.2) is 0 Å². The number of carbonyl (C=O) groups is 1. The third-order valence-corrected chi connectivity index (χ3v) is 6.47. The average Bonchev–Trinajstić information content (AvgIpc) is 3.29. The molecular formula is C30H29NO3. The molecule has 3 aromatic carbocycles. The quantitative estimate of drug-likeness (QED) is 0.323. The van der Waals surface area contributed by atoms with E-state index in [1.807, 2.05) is 48.5 Å². The lowest BCUT2D eigenvalue weighted by Crippen LogP contribution is -2.14. The van der Waals surface area contributed by atoms with Gasteiger partial charge in [0.25, 0.3) is 0 Å². The Morgan fingerprint density at radius 3 is 2.09 bits per heavy atom. The molecule has 0 radical (unpaired) electrons. The summed E-state index contributed by atoms with van der Waals surface area (Å²) in [6.45, 7) is 5.46. The van der Waals surface area contributed by atoms with Gasteiger partial charge in [0.1, 0.15) is 11.5 Å². The molecule has 2 heterocycles. The lowest BCUT2D eigenvalue weighted by atomic mass is 9.86. The molecule has 0 spiro atoms. The van der Waals surface area contributed by atoms with Crippen molar-refractivity contribution in [3.8, 4) is 33.8 Å². The molecule has 0 saturated carbocycles. The predicted molar refractivity (Wildman–Crippen MR) is 135 cm³/mol. The van der Waals surface area contributed by atoms with E-state index >= 15 is 0 Å². The zero-order valence-corrected chi connectivity index (χ0v) is 19.6. The van der Waals surface area contributed by atoms with Gasteiger partial charge in [-0.15, -0.1) is 0 Å². The van der Waals surface area contributed by atoms with Crippen LogP contribution in [0.1, 0.15) is 31.7 Å². The van der Waals surface area contributed by atoms with Crippen LogP contribution < -0.4 is 4.74 Å². The predicted octanol–water partition coefficient (Wildman–Crippen LogP) is 7.21. The van der Waals surface area contributed by atoms with E-state index in [9.17, 15) is 9.90 Å². The minimum absolute atomic E-state index is 0.111. The van der Waals surface area contributed by atoms with Crippen molar-refractivity contribution in [2.45, 2.75) is 39.7 Å². The van der Waals surface area contributed by atoms with Crippen LogP contribution in [0.25, 0.3) is 22.3 Å². The van der Waals surface area contributed by atoms with Crippen molar-refractivity contribution in [1.82, 2.24) is 4.57 Å². The first-order chi connectivity index (χ1) is 16.4. The summed E-state index contributed by atoms with van der Waals surface area (Å²) >= 11 is 0. The maximum absolute atomic E-state index is 11.5. The van der Waals surface area contributed by atoms with E-state index in [0.29, 0.717) is 6.42 Å². The number of ether oxygens (including phenoxy) is 1. The zero-order valence-electron chi connectivity index (χ0n) is 19.6. The number of carboxylic acids is 1. The molecule has 4 nitrogen and oxygen atoms in total. The Hall–Kier alpha value is -3.79. The van der Waals surface area contributed by atoms with Gasteiger partial charge in [0, 0.05) is 29.1 Å². The highest BCUT2D eigenvalue weighted by atomic mass is 16.5. The van der Waals surface area contributed by atoms with Gasteiger partial charge < -0.3 is 14.4 Å². The van der Waals surface area contributed by atoms with Crippen LogP contribution in [0.4, 0.5) is 0 Å². The van der Waals surface area contributed by atoms with Crippen LogP contribution in [0.5, 0.6) is 11.5 Å². The fourth-order valence-electron chi connectivity index (χ4n) is 5.06. The van der Waals surface area contributed by atoms with E-state index in [2.05, 4.69) is 54.8 Å². The fraction of sp³-hybridized carbons (Fsp3) is 0.233. The van der Waals surface area contributed by atoms with Crippen LogP contribution in [-0.2, 0) is 24.2 Å². The van der Waals surface area contributed by atoms with Crippen molar-refractivity contribution < 1.29 is 14.6 Å². The number of aromatic nitrogens is 1. The van der Waals surface area contributed by atoms with E-state index in [-0.39, 0.29) is 11.8 Å². The second kappa shape index (κ2) is 8.86. The van der Waals surface area contributed by atoms with Gasteiger partial charge in [-0.2, -0.15) is 0 Å². The Kier molecular flexibility index (Phi) is 5.74. The van der Waals surface area contributed by atoms with Gasteiger partial charge in [0.2, 0.25) is 0 Å². The molecule has 0 bridgehead atoms. The third-order valence-electron chi connectivity index (χ3n) is 6.47. The minimum Gasteiger partial charge on any atom is -0.481 e. The van der Waals surface area contributed by atoms with Gasteiger partial charge in [-0.3, -0.25) is 4.79 Å². The number of aliphatic carboxylic acids is 1. The first-order valence-corrected chi connectivity index (χ1v) is 11.8.